The predicted molar refractivity (Wildman–Crippen MR) is 92.0 cm³/mol. The Bertz CT molecular complexity index is 612. The molecule has 0 saturated carbocycles. The van der Waals surface area contributed by atoms with Crippen molar-refractivity contribution in [2.75, 3.05) is 19.4 Å². The maximum absolute atomic E-state index is 11.8. The number of ether oxygens (including phenoxy) is 2. The number of aliphatic hydroxyl groups is 2. The van der Waals surface area contributed by atoms with Crippen LogP contribution in [-0.4, -0.2) is 47.6 Å². The number of nitrogens with one attached hydrogen (secondary N) is 1. The number of amides is 1. The van der Waals surface area contributed by atoms with E-state index in [2.05, 4.69) is 10.1 Å². The number of methoxy groups -OCH3 is 1. The van der Waals surface area contributed by atoms with E-state index in [4.69, 9.17) is 10.5 Å². The second kappa shape index (κ2) is 8.68. The van der Waals surface area contributed by atoms with Gasteiger partial charge >= 0.3 is 12.1 Å². The first-order chi connectivity index (χ1) is 11.5. The fraction of sp³-hybridized carbons (Fsp3) is 0.529. The summed E-state index contributed by atoms with van der Waals surface area (Å²) in [5.74, 6) is -0.666. The first-order valence-corrected chi connectivity index (χ1v) is 7.86. The van der Waals surface area contributed by atoms with Gasteiger partial charge in [-0.25, -0.2) is 9.59 Å². The Labute approximate surface area is 146 Å². The lowest BCUT2D eigenvalue weighted by atomic mass is 9.96. The van der Waals surface area contributed by atoms with Crippen molar-refractivity contribution in [3.63, 3.8) is 0 Å². The van der Waals surface area contributed by atoms with Crippen molar-refractivity contribution in [1.82, 2.24) is 5.32 Å². The Morgan fingerprint density at radius 3 is 2.48 bits per heavy atom. The second-order valence-corrected chi connectivity index (χ2v) is 6.57. The van der Waals surface area contributed by atoms with Gasteiger partial charge in [0.05, 0.1) is 18.8 Å². The third-order valence-corrected chi connectivity index (χ3v) is 3.27. The number of alkyl carbamates (subject to hydrolysis) is 1. The van der Waals surface area contributed by atoms with Gasteiger partial charge in [-0.2, -0.15) is 0 Å². The Kier molecular flexibility index (Phi) is 7.20. The van der Waals surface area contributed by atoms with Crippen molar-refractivity contribution in [3.05, 3.63) is 29.3 Å². The molecule has 1 rings (SSSR count). The molecular weight excluding hydrogens is 328 g/mol. The zero-order chi connectivity index (χ0) is 19.2. The number of nitrogens with two attached hydrogens (primary N) is 1. The summed E-state index contributed by atoms with van der Waals surface area (Å²) in [6.45, 7) is 5.30. The summed E-state index contributed by atoms with van der Waals surface area (Å²) in [5.41, 5.74) is 5.63. The number of rotatable bonds is 6. The number of benzene rings is 1. The van der Waals surface area contributed by atoms with Crippen LogP contribution in [0, 0.1) is 0 Å². The van der Waals surface area contributed by atoms with E-state index in [0.29, 0.717) is 5.69 Å². The van der Waals surface area contributed by atoms with E-state index in [-0.39, 0.29) is 24.1 Å². The van der Waals surface area contributed by atoms with Crippen LogP contribution in [0.1, 0.15) is 49.2 Å². The van der Waals surface area contributed by atoms with E-state index in [1.807, 2.05) is 0 Å². The Hall–Kier alpha value is -2.32. The Morgan fingerprint density at radius 1 is 1.28 bits per heavy atom. The lowest BCUT2D eigenvalue weighted by Gasteiger charge is -2.22. The van der Waals surface area contributed by atoms with Gasteiger partial charge in [0.25, 0.3) is 0 Å². The molecule has 5 N–H and O–H groups in total. The number of esters is 1. The first kappa shape index (κ1) is 20.7. The smallest absolute Gasteiger partial charge is 0.407 e. The third kappa shape index (κ3) is 6.60. The molecule has 0 fully saturated rings. The van der Waals surface area contributed by atoms with E-state index in [1.54, 1.807) is 20.8 Å². The fourth-order valence-corrected chi connectivity index (χ4v) is 2.12. The largest absolute Gasteiger partial charge is 0.465 e. The summed E-state index contributed by atoms with van der Waals surface area (Å²) < 4.78 is 9.73. The van der Waals surface area contributed by atoms with Crippen molar-refractivity contribution in [3.8, 4) is 0 Å². The molecule has 0 aliphatic rings. The van der Waals surface area contributed by atoms with Crippen molar-refractivity contribution in [2.45, 2.75) is 45.0 Å². The highest BCUT2D eigenvalue weighted by Gasteiger charge is 2.24. The quantitative estimate of drug-likeness (QED) is 0.448. The van der Waals surface area contributed by atoms with Crippen molar-refractivity contribution < 1.29 is 29.3 Å². The van der Waals surface area contributed by atoms with Gasteiger partial charge in [-0.3, -0.25) is 0 Å². The van der Waals surface area contributed by atoms with Crippen LogP contribution in [0.4, 0.5) is 10.5 Å². The third-order valence-electron chi connectivity index (χ3n) is 3.27. The first-order valence-electron chi connectivity index (χ1n) is 7.86. The van der Waals surface area contributed by atoms with E-state index in [9.17, 15) is 19.8 Å². The Balaban J connectivity index is 2.69. The summed E-state index contributed by atoms with van der Waals surface area (Å²) >= 11 is 0. The Morgan fingerprint density at radius 2 is 1.92 bits per heavy atom. The molecule has 1 amide bonds. The maximum atomic E-state index is 11.8. The number of hydrogen-bond donors (Lipinski definition) is 4. The van der Waals surface area contributed by atoms with Crippen LogP contribution in [-0.2, 0) is 9.47 Å². The average Bonchev–Trinajstić information content (AvgIpc) is 2.51. The molecule has 0 aliphatic heterocycles. The summed E-state index contributed by atoms with van der Waals surface area (Å²) in [7, 11) is 1.21. The van der Waals surface area contributed by atoms with Crippen LogP contribution in [0.25, 0.3) is 0 Å². The zero-order valence-electron chi connectivity index (χ0n) is 14.9. The minimum Gasteiger partial charge on any atom is -0.465 e. The maximum Gasteiger partial charge on any atom is 0.407 e. The molecule has 140 valence electrons. The second-order valence-electron chi connectivity index (χ2n) is 6.57. The van der Waals surface area contributed by atoms with Gasteiger partial charge in [-0.15, -0.1) is 0 Å². The van der Waals surface area contributed by atoms with Crippen LogP contribution < -0.4 is 11.1 Å². The molecule has 25 heavy (non-hydrogen) atoms. The summed E-state index contributed by atoms with van der Waals surface area (Å²) in [5, 5.41) is 22.9. The highest BCUT2D eigenvalue weighted by Crippen LogP contribution is 2.25. The predicted octanol–water partition coefficient (Wildman–Crippen LogP) is 1.36. The van der Waals surface area contributed by atoms with Gasteiger partial charge in [-0.1, -0.05) is 6.07 Å². The molecule has 2 atom stereocenters. The van der Waals surface area contributed by atoms with Crippen molar-refractivity contribution >= 4 is 17.7 Å². The number of anilines is 1. The van der Waals surface area contributed by atoms with Crippen molar-refractivity contribution in [1.29, 1.82) is 0 Å². The number of nitrogen functional groups attached to an aromatic ring is 1. The summed E-state index contributed by atoms with van der Waals surface area (Å²) in [6, 6.07) is 4.34. The van der Waals surface area contributed by atoms with Crippen molar-refractivity contribution in [2.24, 2.45) is 0 Å². The van der Waals surface area contributed by atoms with Gasteiger partial charge in [0.2, 0.25) is 0 Å². The molecule has 1 aromatic carbocycles. The SMILES string of the molecule is COC(=O)c1cc(N)ccc1C(O)C(O)CCNC(=O)OC(C)(C)C. The van der Waals surface area contributed by atoms with E-state index in [1.165, 1.54) is 25.3 Å². The average molecular weight is 354 g/mol. The number of aliphatic hydroxyl groups excluding tert-OH is 2. The molecule has 0 radical (unpaired) electrons. The molecule has 0 aromatic heterocycles. The van der Waals surface area contributed by atoms with Gasteiger partial charge in [-0.05, 0) is 44.9 Å². The fourth-order valence-electron chi connectivity index (χ4n) is 2.12. The number of carbonyl (C=O) groups is 2. The lowest BCUT2D eigenvalue weighted by Crippen LogP contribution is -2.34. The van der Waals surface area contributed by atoms with Gasteiger partial charge in [0.15, 0.2) is 0 Å². The zero-order valence-corrected chi connectivity index (χ0v) is 14.9. The van der Waals surface area contributed by atoms with Crippen LogP contribution in [0.15, 0.2) is 18.2 Å². The van der Waals surface area contributed by atoms with Crippen LogP contribution in [0.3, 0.4) is 0 Å². The summed E-state index contributed by atoms with van der Waals surface area (Å²) in [4.78, 5) is 23.4. The van der Waals surface area contributed by atoms with Crippen LogP contribution >= 0.6 is 0 Å². The molecule has 0 aliphatic carbocycles. The molecule has 0 heterocycles. The van der Waals surface area contributed by atoms with Crippen LogP contribution in [0.5, 0.6) is 0 Å². The van der Waals surface area contributed by atoms with Gasteiger partial charge < -0.3 is 30.7 Å². The van der Waals surface area contributed by atoms with E-state index < -0.39 is 29.9 Å². The molecule has 0 bridgehead atoms. The molecule has 8 nitrogen and oxygen atoms in total. The van der Waals surface area contributed by atoms with E-state index in [0.717, 1.165) is 0 Å². The molecule has 0 spiro atoms. The number of carbonyl (C=O) groups excluding carboxylic acids is 2. The molecule has 0 saturated heterocycles. The van der Waals surface area contributed by atoms with Gasteiger partial charge in [0, 0.05) is 12.2 Å². The standard InChI is InChI=1S/C17H26N2O6/c1-17(2,3)25-16(23)19-8-7-13(20)14(21)11-6-5-10(18)9-12(11)15(22)24-4/h5-6,9,13-14,20-21H,7-8,18H2,1-4H3,(H,19,23). The topological polar surface area (TPSA) is 131 Å². The van der Waals surface area contributed by atoms with E-state index >= 15 is 0 Å². The normalized spacial score (nSPS) is 13.7. The highest BCUT2D eigenvalue weighted by molar-refractivity contribution is 5.92. The highest BCUT2D eigenvalue weighted by atomic mass is 16.6. The minimum atomic E-state index is -1.34. The van der Waals surface area contributed by atoms with Crippen LogP contribution in [0.2, 0.25) is 0 Å². The molecular formula is C17H26N2O6. The lowest BCUT2D eigenvalue weighted by molar-refractivity contribution is 0.0113. The number of hydrogen-bond acceptors (Lipinski definition) is 7. The molecule has 2 unspecified atom stereocenters. The molecule has 8 heteroatoms. The summed E-state index contributed by atoms with van der Waals surface area (Å²) in [6.07, 6.45) is -3.10. The minimum absolute atomic E-state index is 0.0609. The van der Waals surface area contributed by atoms with Gasteiger partial charge in [0.1, 0.15) is 11.7 Å². The monoisotopic (exact) mass is 354 g/mol. The molecule has 1 aromatic rings.